The summed E-state index contributed by atoms with van der Waals surface area (Å²) < 4.78 is 13.8. The second kappa shape index (κ2) is 6.51. The second-order valence-corrected chi connectivity index (χ2v) is 4.95. The summed E-state index contributed by atoms with van der Waals surface area (Å²) in [6, 6.07) is 14.0. The molecule has 2 aromatic rings. The highest BCUT2D eigenvalue weighted by Gasteiger charge is 2.10. The van der Waals surface area contributed by atoms with Crippen molar-refractivity contribution in [1.29, 1.82) is 5.26 Å². The van der Waals surface area contributed by atoms with E-state index < -0.39 is 0 Å². The van der Waals surface area contributed by atoms with E-state index in [-0.39, 0.29) is 11.9 Å². The third-order valence-electron chi connectivity index (χ3n) is 3.15. The van der Waals surface area contributed by atoms with Crippen LogP contribution < -0.4 is 5.32 Å². The molecule has 102 valence electrons. The molecule has 0 heterocycles. The number of nitriles is 1. The molecular weight excluding hydrogens is 275 g/mol. The van der Waals surface area contributed by atoms with Crippen LogP contribution in [0.5, 0.6) is 0 Å². The molecule has 2 nitrogen and oxygen atoms in total. The average Bonchev–Trinajstić information content (AvgIpc) is 2.46. The van der Waals surface area contributed by atoms with Crippen LogP contribution in [0.25, 0.3) is 0 Å². The maximum absolute atomic E-state index is 13.8. The monoisotopic (exact) mass is 288 g/mol. The molecule has 0 radical (unpaired) electrons. The molecule has 20 heavy (non-hydrogen) atoms. The van der Waals surface area contributed by atoms with Crippen LogP contribution in [0, 0.1) is 17.1 Å². The van der Waals surface area contributed by atoms with E-state index in [1.807, 2.05) is 37.3 Å². The molecule has 1 N–H and O–H groups in total. The van der Waals surface area contributed by atoms with Gasteiger partial charge in [-0.3, -0.25) is 0 Å². The van der Waals surface area contributed by atoms with Gasteiger partial charge in [0.25, 0.3) is 0 Å². The fourth-order valence-electron chi connectivity index (χ4n) is 1.96. The Bertz CT molecular complexity index is 649. The predicted molar refractivity (Wildman–Crippen MR) is 77.8 cm³/mol. The Balaban J connectivity index is 2.06. The molecule has 0 aromatic heterocycles. The molecule has 0 aliphatic carbocycles. The van der Waals surface area contributed by atoms with Gasteiger partial charge in [-0.15, -0.1) is 0 Å². The van der Waals surface area contributed by atoms with Crippen molar-refractivity contribution in [2.24, 2.45) is 0 Å². The Kier molecular flexibility index (Phi) is 4.73. The van der Waals surface area contributed by atoms with Gasteiger partial charge in [0.2, 0.25) is 0 Å². The first-order chi connectivity index (χ1) is 9.61. The lowest BCUT2D eigenvalue weighted by atomic mass is 10.1. The minimum atomic E-state index is -0.372. The standard InChI is InChI=1S/C16H14ClFN2/c1-11(14-4-2-3-5-15(14)17)20-10-13-7-6-12(9-19)8-16(13)18/h2-8,11,20H,10H2,1H3. The van der Waals surface area contributed by atoms with Crippen molar-refractivity contribution in [3.8, 4) is 6.07 Å². The topological polar surface area (TPSA) is 35.8 Å². The number of nitrogens with zero attached hydrogens (tertiary/aromatic N) is 1. The molecule has 2 aromatic carbocycles. The molecule has 2 rings (SSSR count). The zero-order chi connectivity index (χ0) is 14.5. The summed E-state index contributed by atoms with van der Waals surface area (Å²) in [6.45, 7) is 2.35. The largest absolute Gasteiger partial charge is 0.306 e. The van der Waals surface area contributed by atoms with Crippen LogP contribution >= 0.6 is 11.6 Å². The normalized spacial score (nSPS) is 11.9. The fourth-order valence-corrected chi connectivity index (χ4v) is 2.26. The molecule has 4 heteroatoms. The van der Waals surface area contributed by atoms with E-state index >= 15 is 0 Å². The van der Waals surface area contributed by atoms with Crippen molar-refractivity contribution in [3.63, 3.8) is 0 Å². The van der Waals surface area contributed by atoms with Gasteiger partial charge in [-0.05, 0) is 30.7 Å². The maximum atomic E-state index is 13.8. The van der Waals surface area contributed by atoms with E-state index in [4.69, 9.17) is 16.9 Å². The number of nitrogens with one attached hydrogen (secondary N) is 1. The molecule has 1 atom stereocenters. The Labute approximate surface area is 122 Å². The molecule has 0 bridgehead atoms. The van der Waals surface area contributed by atoms with E-state index in [0.29, 0.717) is 22.7 Å². The van der Waals surface area contributed by atoms with Gasteiger partial charge < -0.3 is 5.32 Å². The highest BCUT2D eigenvalue weighted by molar-refractivity contribution is 6.31. The lowest BCUT2D eigenvalue weighted by Crippen LogP contribution is -2.19. The number of hydrogen-bond donors (Lipinski definition) is 1. The van der Waals surface area contributed by atoms with Gasteiger partial charge in [-0.1, -0.05) is 35.9 Å². The first-order valence-electron chi connectivity index (χ1n) is 6.28. The van der Waals surface area contributed by atoms with Gasteiger partial charge in [0.1, 0.15) is 5.82 Å². The van der Waals surface area contributed by atoms with Gasteiger partial charge in [0.05, 0.1) is 11.6 Å². The second-order valence-electron chi connectivity index (χ2n) is 4.54. The van der Waals surface area contributed by atoms with Crippen LogP contribution in [0.4, 0.5) is 4.39 Å². The third-order valence-corrected chi connectivity index (χ3v) is 3.50. The summed E-state index contributed by atoms with van der Waals surface area (Å²) in [5.41, 5.74) is 1.83. The minimum absolute atomic E-state index is 0.0127. The number of benzene rings is 2. The molecule has 0 aliphatic heterocycles. The lowest BCUT2D eigenvalue weighted by Gasteiger charge is -2.16. The van der Waals surface area contributed by atoms with Crippen LogP contribution in [0.2, 0.25) is 5.02 Å². The van der Waals surface area contributed by atoms with Crippen LogP contribution in [-0.4, -0.2) is 0 Å². The predicted octanol–water partition coefficient (Wildman–Crippen LogP) is 4.20. The van der Waals surface area contributed by atoms with Gasteiger partial charge >= 0.3 is 0 Å². The Morgan fingerprint density at radius 1 is 1.30 bits per heavy atom. The first kappa shape index (κ1) is 14.5. The molecular formula is C16H14ClFN2. The van der Waals surface area contributed by atoms with Crippen molar-refractivity contribution in [3.05, 3.63) is 70.0 Å². The molecule has 0 saturated heterocycles. The lowest BCUT2D eigenvalue weighted by molar-refractivity contribution is 0.544. The number of rotatable bonds is 4. The molecule has 0 saturated carbocycles. The fraction of sp³-hybridized carbons (Fsp3) is 0.188. The summed E-state index contributed by atoms with van der Waals surface area (Å²) in [7, 11) is 0. The first-order valence-corrected chi connectivity index (χ1v) is 6.66. The Morgan fingerprint density at radius 2 is 2.05 bits per heavy atom. The Morgan fingerprint density at radius 3 is 2.70 bits per heavy atom. The van der Waals surface area contributed by atoms with Gasteiger partial charge in [0.15, 0.2) is 0 Å². The van der Waals surface area contributed by atoms with E-state index in [0.717, 1.165) is 5.56 Å². The van der Waals surface area contributed by atoms with Crippen LogP contribution in [0.3, 0.4) is 0 Å². The number of hydrogen-bond acceptors (Lipinski definition) is 2. The number of halogens is 2. The smallest absolute Gasteiger partial charge is 0.129 e. The van der Waals surface area contributed by atoms with Crippen molar-refractivity contribution in [1.82, 2.24) is 5.32 Å². The van der Waals surface area contributed by atoms with Gasteiger partial charge in [0, 0.05) is 23.2 Å². The van der Waals surface area contributed by atoms with Crippen LogP contribution in [0.1, 0.15) is 29.7 Å². The van der Waals surface area contributed by atoms with E-state index in [1.165, 1.54) is 6.07 Å². The van der Waals surface area contributed by atoms with Crippen LogP contribution in [-0.2, 0) is 6.54 Å². The Hall–Kier alpha value is -1.89. The zero-order valence-electron chi connectivity index (χ0n) is 11.0. The van der Waals surface area contributed by atoms with Gasteiger partial charge in [-0.25, -0.2) is 4.39 Å². The van der Waals surface area contributed by atoms with Gasteiger partial charge in [-0.2, -0.15) is 5.26 Å². The SMILES string of the molecule is CC(NCc1ccc(C#N)cc1F)c1ccccc1Cl. The zero-order valence-corrected chi connectivity index (χ0v) is 11.8. The van der Waals surface area contributed by atoms with Crippen molar-refractivity contribution in [2.45, 2.75) is 19.5 Å². The highest BCUT2D eigenvalue weighted by Crippen LogP contribution is 2.22. The van der Waals surface area contributed by atoms with Crippen molar-refractivity contribution in [2.75, 3.05) is 0 Å². The molecule has 1 unspecified atom stereocenters. The van der Waals surface area contributed by atoms with Crippen LogP contribution in [0.15, 0.2) is 42.5 Å². The van der Waals surface area contributed by atoms with E-state index in [9.17, 15) is 4.39 Å². The summed E-state index contributed by atoms with van der Waals surface area (Å²) in [5, 5.41) is 12.6. The minimum Gasteiger partial charge on any atom is -0.306 e. The summed E-state index contributed by atoms with van der Waals surface area (Å²) >= 11 is 6.12. The van der Waals surface area contributed by atoms with E-state index in [2.05, 4.69) is 5.32 Å². The molecule has 0 amide bonds. The maximum Gasteiger partial charge on any atom is 0.129 e. The highest BCUT2D eigenvalue weighted by atomic mass is 35.5. The molecule has 0 fully saturated rings. The summed E-state index contributed by atoms with van der Waals surface area (Å²) in [5.74, 6) is -0.372. The average molecular weight is 289 g/mol. The molecule has 0 aliphatic rings. The quantitative estimate of drug-likeness (QED) is 0.915. The van der Waals surface area contributed by atoms with Crippen molar-refractivity contribution < 1.29 is 4.39 Å². The third kappa shape index (κ3) is 3.36. The molecule has 0 spiro atoms. The van der Waals surface area contributed by atoms with E-state index in [1.54, 1.807) is 12.1 Å². The van der Waals surface area contributed by atoms with Crippen molar-refractivity contribution >= 4 is 11.6 Å². The summed E-state index contributed by atoms with van der Waals surface area (Å²) in [6.07, 6.45) is 0. The summed E-state index contributed by atoms with van der Waals surface area (Å²) in [4.78, 5) is 0.